The number of hydrogen-bond donors (Lipinski definition) is 0. The maximum Gasteiger partial charge on any atom is 0.275 e. The number of rotatable bonds is 20. The maximum atomic E-state index is 13.6. The van der Waals surface area contributed by atoms with Crippen LogP contribution in [0.25, 0.3) is 22.7 Å². The molecule has 9 fully saturated rings. The summed E-state index contributed by atoms with van der Waals surface area (Å²) in [5.41, 5.74) is 9.73. The highest BCUT2D eigenvalue weighted by atomic mass is 19.1. The van der Waals surface area contributed by atoms with E-state index in [1.54, 1.807) is 21.6 Å². The molecule has 12 atom stereocenters. The van der Waals surface area contributed by atoms with Gasteiger partial charge < -0.3 is 48.0 Å². The topological polar surface area (TPSA) is 286 Å². The number of ether oxygens (including phenoxy) is 4. The molecule has 11 aromatic rings. The number of fused-ring (bicyclic) bond motifs is 8. The minimum atomic E-state index is -0.396. The van der Waals surface area contributed by atoms with Crippen molar-refractivity contribution in [1.82, 2.24) is 84.2 Å². The first-order valence-corrected chi connectivity index (χ1v) is 42.1. The van der Waals surface area contributed by atoms with Gasteiger partial charge in [-0.2, -0.15) is 10.2 Å². The molecule has 0 spiro atoms. The summed E-state index contributed by atoms with van der Waals surface area (Å²) in [4.78, 5) is 99.0. The standard InChI is InChI=1S/C23H24FN5O2.C23H23FN4O3.C23H27FN4O2.C22H22FN5O2/c1-14-3-6-20(28-10-9-15(2)27-28)22(26-14)23(30)29-18-5-7-19(29)16(11-18)13-31-21-8-4-17(24)12-25-21;1-13-3-6-18(20-9-14(2)27-31-20)22(26-13)23(29)28-17-5-7-19(28)15(10-17)12-30-21-8-4-16(24)11-25-21;1-15-4-7-20(27-10-2-3-11-27)22(26-15)23(29)28-18-6-8-19(28)16(12-18)14-30-21-9-5-17(24)13-25-21;1-14-3-6-19(27-10-2-9-25-27)21(26-14)22(29)28-17-5-7-18(28)15(11-17)13-30-20-8-4-16(23)12-24-20/h3-4,6,8-10,12,16,18-19H,5,7,11,13H2,1-2H3;3-4,6,8-9,11,15,17,19H,5,7,10,12H2,1-2H3;4-5,7,9,13,16,18-19H,2-3,6,8,10-12,14H2,1H3;2-4,6,8-10,12,15,17-18H,5,7,11,13H2,1H3. The lowest BCUT2D eigenvalue weighted by atomic mass is 9.90. The fourth-order valence-corrected chi connectivity index (χ4v) is 19.6. The van der Waals surface area contributed by atoms with E-state index in [9.17, 15) is 36.7 Å². The third-order valence-corrected chi connectivity index (χ3v) is 25.1. The molecule has 11 aromatic heterocycles. The Morgan fingerprint density at radius 2 is 0.754 bits per heavy atom. The van der Waals surface area contributed by atoms with Gasteiger partial charge in [-0.15, -0.1) is 0 Å². The molecule has 0 saturated carbocycles. The third-order valence-electron chi connectivity index (χ3n) is 25.1. The number of amides is 4. The highest BCUT2D eigenvalue weighted by Gasteiger charge is 2.54. The van der Waals surface area contributed by atoms with Crippen LogP contribution in [0.1, 0.15) is 166 Å². The van der Waals surface area contributed by atoms with E-state index in [2.05, 4.69) is 71.1 Å². The van der Waals surface area contributed by atoms with E-state index < -0.39 is 17.5 Å². The Hall–Kier alpha value is -12.6. The van der Waals surface area contributed by atoms with Crippen molar-refractivity contribution in [3.63, 3.8) is 0 Å². The molecule has 9 aliphatic heterocycles. The third kappa shape index (κ3) is 17.5. The van der Waals surface area contributed by atoms with Crippen molar-refractivity contribution in [1.29, 1.82) is 0 Å². The molecule has 632 valence electrons. The summed E-state index contributed by atoms with van der Waals surface area (Å²) in [5.74, 6) is 1.38. The summed E-state index contributed by atoms with van der Waals surface area (Å²) in [6, 6.07) is 33.6. The van der Waals surface area contributed by atoms with Crippen molar-refractivity contribution < 1.29 is 60.2 Å². The van der Waals surface area contributed by atoms with Crippen molar-refractivity contribution in [2.75, 3.05) is 44.4 Å². The van der Waals surface area contributed by atoms with E-state index >= 15 is 0 Å². The van der Waals surface area contributed by atoms with Crippen LogP contribution in [-0.4, -0.2) is 196 Å². The van der Waals surface area contributed by atoms with Crippen LogP contribution in [0.15, 0.2) is 163 Å². The van der Waals surface area contributed by atoms with Crippen molar-refractivity contribution in [2.45, 2.75) is 180 Å². The van der Waals surface area contributed by atoms with Crippen LogP contribution in [0.2, 0.25) is 0 Å². The number of halogens is 4. The molecule has 27 nitrogen and oxygen atoms in total. The summed E-state index contributed by atoms with van der Waals surface area (Å²) in [7, 11) is 0. The van der Waals surface area contributed by atoms with Crippen LogP contribution in [0.5, 0.6) is 23.5 Å². The number of nitrogens with zero attached hydrogens (tertiary/aromatic N) is 18. The lowest BCUT2D eigenvalue weighted by Gasteiger charge is -2.27. The number of aromatic nitrogens is 13. The highest BCUT2D eigenvalue weighted by Crippen LogP contribution is 2.48. The summed E-state index contributed by atoms with van der Waals surface area (Å²) in [6.07, 6.45) is 23.7. The highest BCUT2D eigenvalue weighted by molar-refractivity contribution is 6.00. The molecular weight excluding hydrogens is 1570 g/mol. The van der Waals surface area contributed by atoms with Crippen molar-refractivity contribution in [3.8, 4) is 46.2 Å². The molecular formula is C91H96F4N18O9. The monoisotopic (exact) mass is 1660 g/mol. The van der Waals surface area contributed by atoms with Gasteiger partial charge in [0, 0.05) is 157 Å². The van der Waals surface area contributed by atoms with Crippen molar-refractivity contribution in [3.05, 3.63) is 239 Å². The van der Waals surface area contributed by atoms with E-state index in [0.29, 0.717) is 95.4 Å². The minimum Gasteiger partial charge on any atom is -0.477 e. The molecule has 9 aliphatic rings. The first kappa shape index (κ1) is 81.8. The molecule has 4 amide bonds. The maximum absolute atomic E-state index is 13.6. The first-order valence-electron chi connectivity index (χ1n) is 42.1. The van der Waals surface area contributed by atoms with Crippen LogP contribution in [0.3, 0.4) is 0 Å². The second kappa shape index (κ2) is 35.6. The van der Waals surface area contributed by atoms with Gasteiger partial charge in [0.2, 0.25) is 23.5 Å². The molecule has 122 heavy (non-hydrogen) atoms. The molecule has 0 radical (unpaired) electrons. The zero-order valence-electron chi connectivity index (χ0n) is 68.8. The minimum absolute atomic E-state index is 0.0514. The molecule has 31 heteroatoms. The largest absolute Gasteiger partial charge is 0.477 e. The van der Waals surface area contributed by atoms with Crippen LogP contribution < -0.4 is 23.8 Å². The lowest BCUT2D eigenvalue weighted by Crippen LogP contribution is -2.39. The number of carbonyl (C=O) groups is 4. The fraction of sp³-hybridized carbons (Fsp3) is 0.418. The summed E-state index contributed by atoms with van der Waals surface area (Å²) in [6.45, 7) is 15.2. The van der Waals surface area contributed by atoms with Gasteiger partial charge in [0.25, 0.3) is 23.6 Å². The van der Waals surface area contributed by atoms with Crippen molar-refractivity contribution >= 4 is 29.3 Å². The Kier molecular flexibility index (Phi) is 23.9. The van der Waals surface area contributed by atoms with E-state index in [1.165, 1.54) is 42.5 Å². The zero-order chi connectivity index (χ0) is 84.4. The molecule has 9 saturated heterocycles. The molecule has 20 rings (SSSR count). The molecule has 0 aromatic carbocycles. The van der Waals surface area contributed by atoms with Crippen LogP contribution in [0, 0.1) is 88.5 Å². The molecule has 20 heterocycles. The zero-order valence-corrected chi connectivity index (χ0v) is 68.8. The lowest BCUT2D eigenvalue weighted by molar-refractivity contribution is 0.0695. The molecule has 0 N–H and O–H groups in total. The van der Waals surface area contributed by atoms with E-state index in [-0.39, 0.29) is 101 Å². The predicted molar refractivity (Wildman–Crippen MR) is 440 cm³/mol. The Morgan fingerprint density at radius 1 is 0.393 bits per heavy atom. The first-order chi connectivity index (χ1) is 59.2. The van der Waals surface area contributed by atoms with Gasteiger partial charge in [0.15, 0.2) is 22.8 Å². The van der Waals surface area contributed by atoms with Gasteiger partial charge in [0.05, 0.1) is 85.2 Å². The van der Waals surface area contributed by atoms with Gasteiger partial charge in [-0.3, -0.25) is 19.2 Å². The van der Waals surface area contributed by atoms with Gasteiger partial charge >= 0.3 is 0 Å². The summed E-state index contributed by atoms with van der Waals surface area (Å²) < 4.78 is 84.2. The van der Waals surface area contributed by atoms with E-state index in [0.717, 1.165) is 168 Å². The van der Waals surface area contributed by atoms with Gasteiger partial charge in [0.1, 0.15) is 29.0 Å². The number of aryl methyl sites for hydroxylation is 6. The molecule has 0 aliphatic carbocycles. The number of anilines is 1. The Balaban J connectivity index is 0.000000116. The fourth-order valence-electron chi connectivity index (χ4n) is 19.6. The average Bonchev–Trinajstić information content (AvgIpc) is 1.62. The smallest absolute Gasteiger partial charge is 0.275 e. The summed E-state index contributed by atoms with van der Waals surface area (Å²) in [5, 5.41) is 12.7. The van der Waals surface area contributed by atoms with Gasteiger partial charge in [-0.1, -0.05) is 5.16 Å². The SMILES string of the molecule is Cc1cc(-c2ccc(C)nc2C(=O)N2C3CCC2C(COc2ccc(F)cn2)C3)on1.Cc1ccc(-n2ccc(C)n2)c(C(=O)N2C3CCC2C(COc2ccc(F)cn2)C3)n1.Cc1ccc(-n2cccn2)c(C(=O)N2C3CCC2C(COc2ccc(F)cn2)C3)n1.Cc1ccc(N2CCCC2)c(C(=O)N2C3CCC2C(COc2ccc(F)cn2)C3)n1. The van der Waals surface area contributed by atoms with E-state index in [1.807, 2.05) is 129 Å². The van der Waals surface area contributed by atoms with Gasteiger partial charge in [-0.05, 0) is 216 Å². The Bertz CT molecular complexity index is 5390. The molecule has 12 unspecified atom stereocenters. The average molecular weight is 1660 g/mol. The number of pyridine rings is 8. The van der Waals surface area contributed by atoms with Crippen LogP contribution in [-0.2, 0) is 0 Å². The van der Waals surface area contributed by atoms with Gasteiger partial charge in [-0.25, -0.2) is 66.8 Å². The second-order valence-corrected chi connectivity index (χ2v) is 33.2. The van der Waals surface area contributed by atoms with Crippen LogP contribution in [0.4, 0.5) is 23.2 Å². The number of carbonyl (C=O) groups excluding carboxylic acids is 4. The second-order valence-electron chi connectivity index (χ2n) is 33.2. The predicted octanol–water partition coefficient (Wildman–Crippen LogP) is 14.2. The van der Waals surface area contributed by atoms with E-state index in [4.69, 9.17) is 23.5 Å². The van der Waals surface area contributed by atoms with Crippen LogP contribution >= 0.6 is 0 Å². The Labute approximate surface area is 703 Å². The molecule has 8 bridgehead atoms. The van der Waals surface area contributed by atoms with Crippen molar-refractivity contribution in [2.24, 2.45) is 23.7 Å². The normalized spacial score (nSPS) is 23.0. The number of hydrogen-bond acceptors (Lipinski definition) is 21. The quantitative estimate of drug-likeness (QED) is 0.0641. The summed E-state index contributed by atoms with van der Waals surface area (Å²) >= 11 is 0. The Morgan fingerprint density at radius 3 is 1.10 bits per heavy atom.